The number of thiol groups is 1. The van der Waals surface area contributed by atoms with Crippen molar-refractivity contribution >= 4 is 18.5 Å². The highest BCUT2D eigenvalue weighted by Crippen LogP contribution is 2.24. The second-order valence-corrected chi connectivity index (χ2v) is 3.79. The van der Waals surface area contributed by atoms with Crippen LogP contribution in [0.5, 0.6) is 0 Å². The number of carbonyl (C=O) groups excluding carboxylic acids is 1. The van der Waals surface area contributed by atoms with Crippen LogP contribution in [0.15, 0.2) is 0 Å². The largest absolute Gasteiger partial charge is 0.338 e. The highest BCUT2D eigenvalue weighted by atomic mass is 32.1. The first-order valence-corrected chi connectivity index (χ1v) is 4.84. The molecule has 4 heteroatoms. The summed E-state index contributed by atoms with van der Waals surface area (Å²) in [4.78, 5) is 12.9. The van der Waals surface area contributed by atoms with Crippen molar-refractivity contribution in [2.75, 3.05) is 12.3 Å². The average Bonchev–Trinajstić information content (AvgIpc) is 2.27. The minimum atomic E-state index is 0.0985. The normalized spacial score (nSPS) is 35.7. The first-order chi connectivity index (χ1) is 5.57. The Morgan fingerprint density at radius 1 is 1.75 bits per heavy atom. The highest BCUT2D eigenvalue weighted by Gasteiger charge is 2.37. The van der Waals surface area contributed by atoms with Gasteiger partial charge in [0.15, 0.2) is 0 Å². The van der Waals surface area contributed by atoms with Crippen LogP contribution < -0.4 is 5.73 Å². The van der Waals surface area contributed by atoms with E-state index in [1.165, 1.54) is 0 Å². The van der Waals surface area contributed by atoms with Crippen molar-refractivity contribution in [1.29, 1.82) is 0 Å². The van der Waals surface area contributed by atoms with Gasteiger partial charge in [-0.25, -0.2) is 0 Å². The van der Waals surface area contributed by atoms with Crippen LogP contribution in [-0.4, -0.2) is 35.2 Å². The summed E-state index contributed by atoms with van der Waals surface area (Å²) in [6.07, 6.45) is 0. The lowest BCUT2D eigenvalue weighted by Gasteiger charge is -2.22. The van der Waals surface area contributed by atoms with E-state index in [-0.39, 0.29) is 18.0 Å². The minimum Gasteiger partial charge on any atom is -0.338 e. The van der Waals surface area contributed by atoms with E-state index < -0.39 is 0 Å². The van der Waals surface area contributed by atoms with E-state index in [4.69, 9.17) is 5.73 Å². The molecule has 1 amide bonds. The smallest absolute Gasteiger partial charge is 0.219 e. The fraction of sp³-hybridized carbons (Fsp3) is 0.875. The first kappa shape index (κ1) is 9.86. The second kappa shape index (κ2) is 3.66. The molecule has 12 heavy (non-hydrogen) atoms. The zero-order valence-corrected chi connectivity index (χ0v) is 8.42. The van der Waals surface area contributed by atoms with Gasteiger partial charge >= 0.3 is 0 Å². The molecule has 0 aliphatic carbocycles. The molecule has 0 radical (unpaired) electrons. The molecule has 0 bridgehead atoms. The summed E-state index contributed by atoms with van der Waals surface area (Å²) >= 11 is 4.23. The lowest BCUT2D eigenvalue weighted by Crippen LogP contribution is -2.34. The van der Waals surface area contributed by atoms with Gasteiger partial charge in [0.05, 0.1) is 0 Å². The molecule has 1 aliphatic heterocycles. The summed E-state index contributed by atoms with van der Waals surface area (Å²) in [5, 5.41) is 0. The Kier molecular flexibility index (Phi) is 3.01. The molecule has 1 aliphatic rings. The van der Waals surface area contributed by atoms with Crippen molar-refractivity contribution < 1.29 is 4.79 Å². The van der Waals surface area contributed by atoms with E-state index in [0.29, 0.717) is 12.5 Å². The van der Waals surface area contributed by atoms with Gasteiger partial charge in [0, 0.05) is 31.5 Å². The number of amides is 1. The average molecular weight is 188 g/mol. The summed E-state index contributed by atoms with van der Waals surface area (Å²) in [7, 11) is 0. The molecular formula is C8H16N2OS. The molecule has 0 spiro atoms. The maximum Gasteiger partial charge on any atom is 0.219 e. The van der Waals surface area contributed by atoms with E-state index in [0.717, 1.165) is 5.75 Å². The Morgan fingerprint density at radius 2 is 2.33 bits per heavy atom. The van der Waals surface area contributed by atoms with Crippen LogP contribution in [0.4, 0.5) is 0 Å². The molecule has 2 N–H and O–H groups in total. The number of carbonyl (C=O) groups is 1. The summed E-state index contributed by atoms with van der Waals surface area (Å²) in [5.41, 5.74) is 5.87. The molecule has 0 aromatic carbocycles. The van der Waals surface area contributed by atoms with Crippen LogP contribution in [0, 0.1) is 5.92 Å². The Hall–Kier alpha value is -0.220. The second-order valence-electron chi connectivity index (χ2n) is 3.42. The first-order valence-electron chi connectivity index (χ1n) is 4.21. The fourth-order valence-electron chi connectivity index (χ4n) is 1.82. The summed E-state index contributed by atoms with van der Waals surface area (Å²) in [5.74, 6) is 1.21. The molecule has 1 heterocycles. The molecule has 3 unspecified atom stereocenters. The van der Waals surface area contributed by atoms with Gasteiger partial charge < -0.3 is 10.6 Å². The van der Waals surface area contributed by atoms with Crippen LogP contribution in [0.25, 0.3) is 0 Å². The molecule has 0 saturated carbocycles. The Bertz CT molecular complexity index is 186. The SMILES string of the molecule is CC(=O)N1CC(N)C(CS)C1C. The summed E-state index contributed by atoms with van der Waals surface area (Å²) in [6, 6.07) is 0.344. The van der Waals surface area contributed by atoms with E-state index in [1.54, 1.807) is 6.92 Å². The van der Waals surface area contributed by atoms with Crippen molar-refractivity contribution in [2.45, 2.75) is 25.9 Å². The van der Waals surface area contributed by atoms with Gasteiger partial charge in [0.25, 0.3) is 0 Å². The molecule has 3 nitrogen and oxygen atoms in total. The van der Waals surface area contributed by atoms with Crippen LogP contribution >= 0.6 is 12.6 Å². The quantitative estimate of drug-likeness (QED) is 0.574. The third-order valence-corrected chi connectivity index (χ3v) is 3.11. The fourth-order valence-corrected chi connectivity index (χ4v) is 2.40. The topological polar surface area (TPSA) is 46.3 Å². The van der Waals surface area contributed by atoms with Crippen LogP contribution in [0.3, 0.4) is 0 Å². The minimum absolute atomic E-state index is 0.0985. The van der Waals surface area contributed by atoms with Crippen molar-refractivity contribution in [2.24, 2.45) is 11.7 Å². The van der Waals surface area contributed by atoms with Crippen LogP contribution in [0.1, 0.15) is 13.8 Å². The summed E-state index contributed by atoms with van der Waals surface area (Å²) < 4.78 is 0. The predicted octanol–water partition coefficient (Wildman–Crippen LogP) is 0.110. The number of likely N-dealkylation sites (tertiary alicyclic amines) is 1. The molecule has 70 valence electrons. The number of nitrogens with two attached hydrogens (primary N) is 1. The summed E-state index contributed by atoms with van der Waals surface area (Å²) in [6.45, 7) is 4.31. The van der Waals surface area contributed by atoms with Gasteiger partial charge in [0.2, 0.25) is 5.91 Å². The number of nitrogens with zero attached hydrogens (tertiary/aromatic N) is 1. The van der Waals surface area contributed by atoms with Gasteiger partial charge in [0.1, 0.15) is 0 Å². The zero-order chi connectivity index (χ0) is 9.30. The Morgan fingerprint density at radius 3 is 2.58 bits per heavy atom. The highest BCUT2D eigenvalue weighted by molar-refractivity contribution is 7.80. The molecule has 1 rings (SSSR count). The number of rotatable bonds is 1. The van der Waals surface area contributed by atoms with E-state index in [1.807, 2.05) is 11.8 Å². The zero-order valence-electron chi connectivity index (χ0n) is 7.53. The number of hydrogen-bond acceptors (Lipinski definition) is 3. The van der Waals surface area contributed by atoms with Gasteiger partial charge in [-0.2, -0.15) is 12.6 Å². The molecular weight excluding hydrogens is 172 g/mol. The van der Waals surface area contributed by atoms with Gasteiger partial charge in [-0.05, 0) is 12.7 Å². The van der Waals surface area contributed by atoms with E-state index >= 15 is 0 Å². The van der Waals surface area contributed by atoms with Gasteiger partial charge in [-0.3, -0.25) is 4.79 Å². The molecule has 0 aromatic heterocycles. The Balaban J connectivity index is 2.68. The molecule has 1 saturated heterocycles. The lowest BCUT2D eigenvalue weighted by atomic mass is 10.0. The Labute approximate surface area is 78.7 Å². The predicted molar refractivity (Wildman–Crippen MR) is 52.2 cm³/mol. The van der Waals surface area contributed by atoms with Crippen molar-refractivity contribution in [3.05, 3.63) is 0 Å². The van der Waals surface area contributed by atoms with Gasteiger partial charge in [-0.1, -0.05) is 0 Å². The van der Waals surface area contributed by atoms with Crippen LogP contribution in [-0.2, 0) is 4.79 Å². The molecule has 3 atom stereocenters. The van der Waals surface area contributed by atoms with Crippen LogP contribution in [0.2, 0.25) is 0 Å². The third kappa shape index (κ3) is 1.59. The van der Waals surface area contributed by atoms with E-state index in [9.17, 15) is 4.79 Å². The van der Waals surface area contributed by atoms with Crippen molar-refractivity contribution in [3.8, 4) is 0 Å². The molecule has 0 aromatic rings. The third-order valence-electron chi connectivity index (χ3n) is 2.68. The maximum absolute atomic E-state index is 11.1. The van der Waals surface area contributed by atoms with Gasteiger partial charge in [-0.15, -0.1) is 0 Å². The van der Waals surface area contributed by atoms with E-state index in [2.05, 4.69) is 12.6 Å². The monoisotopic (exact) mass is 188 g/mol. The number of hydrogen-bond donors (Lipinski definition) is 2. The van der Waals surface area contributed by atoms with Crippen molar-refractivity contribution in [3.63, 3.8) is 0 Å². The maximum atomic E-state index is 11.1. The molecule has 1 fully saturated rings. The van der Waals surface area contributed by atoms with Crippen molar-refractivity contribution in [1.82, 2.24) is 4.90 Å². The standard InChI is InChI=1S/C8H16N2OS/c1-5-7(4-12)8(9)3-10(5)6(2)11/h5,7-8,12H,3-4,9H2,1-2H3. The lowest BCUT2D eigenvalue weighted by molar-refractivity contribution is -0.129.